The minimum Gasteiger partial charge on any atom is -0.301 e. The first-order chi connectivity index (χ1) is 7.84. The Morgan fingerprint density at radius 3 is 2.88 bits per heavy atom. The fourth-order valence-electron chi connectivity index (χ4n) is 1.60. The Bertz CT molecular complexity index is 397. The van der Waals surface area contributed by atoms with Gasteiger partial charge in [-0.15, -0.1) is 11.3 Å². The van der Waals surface area contributed by atoms with Gasteiger partial charge < -0.3 is 4.90 Å². The summed E-state index contributed by atoms with van der Waals surface area (Å²) in [7, 11) is 2.16. The standard InChI is InChI=1S/C13H16N2S/c1-15(11-13-6-4-10-16-13)9-7-12-5-2-3-8-14-12/h2-6,8,10H,7,9,11H2,1H3. The van der Waals surface area contributed by atoms with Crippen molar-refractivity contribution in [3.05, 3.63) is 52.5 Å². The predicted molar refractivity (Wildman–Crippen MR) is 68.6 cm³/mol. The Morgan fingerprint density at radius 2 is 2.19 bits per heavy atom. The zero-order valence-electron chi connectivity index (χ0n) is 9.47. The second-order valence-corrected chi connectivity index (χ2v) is 4.92. The third-order valence-electron chi connectivity index (χ3n) is 2.48. The quantitative estimate of drug-likeness (QED) is 0.788. The van der Waals surface area contributed by atoms with Crippen molar-refractivity contribution in [1.29, 1.82) is 0 Å². The molecule has 2 aromatic heterocycles. The van der Waals surface area contributed by atoms with Crippen LogP contribution >= 0.6 is 11.3 Å². The molecule has 0 aliphatic carbocycles. The first kappa shape index (κ1) is 11.3. The van der Waals surface area contributed by atoms with Gasteiger partial charge in [-0.3, -0.25) is 4.98 Å². The molecule has 84 valence electrons. The maximum absolute atomic E-state index is 4.32. The number of rotatable bonds is 5. The van der Waals surface area contributed by atoms with Crippen LogP contribution in [0.2, 0.25) is 0 Å². The van der Waals surface area contributed by atoms with Gasteiger partial charge in [-0.05, 0) is 30.6 Å². The predicted octanol–water partition coefficient (Wildman–Crippen LogP) is 2.82. The molecule has 3 heteroatoms. The van der Waals surface area contributed by atoms with Crippen LogP contribution in [0.5, 0.6) is 0 Å². The van der Waals surface area contributed by atoms with Crippen LogP contribution in [0.25, 0.3) is 0 Å². The Hall–Kier alpha value is -1.19. The topological polar surface area (TPSA) is 16.1 Å². The summed E-state index contributed by atoms with van der Waals surface area (Å²) >= 11 is 1.82. The van der Waals surface area contributed by atoms with Crippen LogP contribution in [0.15, 0.2) is 41.9 Å². The van der Waals surface area contributed by atoms with E-state index < -0.39 is 0 Å². The Balaban J connectivity index is 1.78. The van der Waals surface area contributed by atoms with Gasteiger partial charge in [0.15, 0.2) is 0 Å². The number of hydrogen-bond donors (Lipinski definition) is 0. The summed E-state index contributed by atoms with van der Waals surface area (Å²) in [5.74, 6) is 0. The summed E-state index contributed by atoms with van der Waals surface area (Å²) in [6, 6.07) is 10.4. The van der Waals surface area contributed by atoms with Crippen molar-refractivity contribution in [2.75, 3.05) is 13.6 Å². The van der Waals surface area contributed by atoms with Gasteiger partial charge in [0.25, 0.3) is 0 Å². The van der Waals surface area contributed by atoms with Gasteiger partial charge in [0.05, 0.1) is 0 Å². The first-order valence-electron chi connectivity index (χ1n) is 5.45. The lowest BCUT2D eigenvalue weighted by Crippen LogP contribution is -2.20. The second-order valence-electron chi connectivity index (χ2n) is 3.89. The molecule has 0 amide bonds. The largest absolute Gasteiger partial charge is 0.301 e. The average Bonchev–Trinajstić information content (AvgIpc) is 2.81. The van der Waals surface area contributed by atoms with E-state index >= 15 is 0 Å². The summed E-state index contributed by atoms with van der Waals surface area (Å²) in [6.07, 6.45) is 2.87. The van der Waals surface area contributed by atoms with Gasteiger partial charge in [-0.25, -0.2) is 0 Å². The molecule has 0 spiro atoms. The van der Waals surface area contributed by atoms with Crippen molar-refractivity contribution < 1.29 is 0 Å². The van der Waals surface area contributed by atoms with E-state index in [1.165, 1.54) is 10.6 Å². The van der Waals surface area contributed by atoms with Crippen LogP contribution in [0.3, 0.4) is 0 Å². The van der Waals surface area contributed by atoms with Gasteiger partial charge in [0, 0.05) is 36.3 Å². The molecule has 0 fully saturated rings. The Kier molecular flexibility index (Phi) is 4.08. The zero-order chi connectivity index (χ0) is 11.2. The summed E-state index contributed by atoms with van der Waals surface area (Å²) in [5.41, 5.74) is 1.17. The van der Waals surface area contributed by atoms with E-state index in [0.29, 0.717) is 0 Å². The van der Waals surface area contributed by atoms with Crippen LogP contribution < -0.4 is 0 Å². The number of likely N-dealkylation sites (N-methyl/N-ethyl adjacent to an activating group) is 1. The molecule has 0 aliphatic heterocycles. The molecular formula is C13H16N2S. The lowest BCUT2D eigenvalue weighted by molar-refractivity contribution is 0.333. The molecule has 0 saturated carbocycles. The lowest BCUT2D eigenvalue weighted by Gasteiger charge is -2.14. The van der Waals surface area contributed by atoms with E-state index in [9.17, 15) is 0 Å². The SMILES string of the molecule is CN(CCc1ccccn1)Cc1cccs1. The van der Waals surface area contributed by atoms with Crippen molar-refractivity contribution >= 4 is 11.3 Å². The normalized spacial score (nSPS) is 10.9. The second kappa shape index (κ2) is 5.77. The van der Waals surface area contributed by atoms with Crippen molar-refractivity contribution in [2.24, 2.45) is 0 Å². The molecule has 2 nitrogen and oxygen atoms in total. The van der Waals surface area contributed by atoms with Gasteiger partial charge >= 0.3 is 0 Å². The maximum atomic E-state index is 4.32. The monoisotopic (exact) mass is 232 g/mol. The number of nitrogens with zero attached hydrogens (tertiary/aromatic N) is 2. The molecule has 0 radical (unpaired) electrons. The third kappa shape index (κ3) is 3.43. The molecular weight excluding hydrogens is 216 g/mol. The van der Waals surface area contributed by atoms with Crippen LogP contribution in [0.4, 0.5) is 0 Å². The van der Waals surface area contributed by atoms with Crippen LogP contribution in [-0.4, -0.2) is 23.5 Å². The maximum Gasteiger partial charge on any atom is 0.0416 e. The van der Waals surface area contributed by atoms with Crippen molar-refractivity contribution in [3.8, 4) is 0 Å². The van der Waals surface area contributed by atoms with Gasteiger partial charge in [0.2, 0.25) is 0 Å². The highest BCUT2D eigenvalue weighted by molar-refractivity contribution is 7.09. The Morgan fingerprint density at radius 1 is 1.25 bits per heavy atom. The molecule has 2 heterocycles. The fraction of sp³-hybridized carbons (Fsp3) is 0.308. The molecule has 0 bridgehead atoms. The van der Waals surface area contributed by atoms with E-state index in [2.05, 4.69) is 40.5 Å². The smallest absolute Gasteiger partial charge is 0.0416 e. The van der Waals surface area contributed by atoms with Crippen molar-refractivity contribution in [3.63, 3.8) is 0 Å². The van der Waals surface area contributed by atoms with E-state index in [0.717, 1.165) is 19.5 Å². The summed E-state index contributed by atoms with van der Waals surface area (Å²) < 4.78 is 0. The minimum absolute atomic E-state index is 1.02. The van der Waals surface area contributed by atoms with Gasteiger partial charge in [0.1, 0.15) is 0 Å². The highest BCUT2D eigenvalue weighted by atomic mass is 32.1. The summed E-state index contributed by atoms with van der Waals surface area (Å²) in [4.78, 5) is 8.08. The molecule has 2 rings (SSSR count). The molecule has 0 saturated heterocycles. The third-order valence-corrected chi connectivity index (χ3v) is 3.34. The molecule has 0 atom stereocenters. The van der Waals surface area contributed by atoms with Crippen LogP contribution in [0, 0.1) is 0 Å². The van der Waals surface area contributed by atoms with E-state index in [4.69, 9.17) is 0 Å². The van der Waals surface area contributed by atoms with E-state index in [-0.39, 0.29) is 0 Å². The van der Waals surface area contributed by atoms with E-state index in [1.54, 1.807) is 0 Å². The molecule has 0 aliphatic rings. The zero-order valence-corrected chi connectivity index (χ0v) is 10.3. The van der Waals surface area contributed by atoms with Gasteiger partial charge in [-0.1, -0.05) is 12.1 Å². The summed E-state index contributed by atoms with van der Waals surface area (Å²) in [5, 5.41) is 2.13. The lowest BCUT2D eigenvalue weighted by atomic mass is 10.2. The number of hydrogen-bond acceptors (Lipinski definition) is 3. The number of aromatic nitrogens is 1. The molecule has 0 N–H and O–H groups in total. The number of pyridine rings is 1. The minimum atomic E-state index is 1.02. The van der Waals surface area contributed by atoms with E-state index in [1.807, 2.05) is 29.7 Å². The Labute approximate surface area is 101 Å². The molecule has 0 unspecified atom stereocenters. The first-order valence-corrected chi connectivity index (χ1v) is 6.33. The van der Waals surface area contributed by atoms with Crippen molar-refractivity contribution in [1.82, 2.24) is 9.88 Å². The molecule has 0 aromatic carbocycles. The number of thiophene rings is 1. The van der Waals surface area contributed by atoms with Crippen LogP contribution in [0.1, 0.15) is 10.6 Å². The highest BCUT2D eigenvalue weighted by Gasteiger charge is 2.01. The van der Waals surface area contributed by atoms with Crippen molar-refractivity contribution in [2.45, 2.75) is 13.0 Å². The summed E-state index contributed by atoms with van der Waals surface area (Å²) in [6.45, 7) is 2.08. The fourth-order valence-corrected chi connectivity index (χ4v) is 2.38. The van der Waals surface area contributed by atoms with Crippen LogP contribution in [-0.2, 0) is 13.0 Å². The average molecular weight is 232 g/mol. The molecule has 2 aromatic rings. The molecule has 16 heavy (non-hydrogen) atoms. The highest BCUT2D eigenvalue weighted by Crippen LogP contribution is 2.10. The van der Waals surface area contributed by atoms with Gasteiger partial charge in [-0.2, -0.15) is 0 Å².